The molecule has 0 bridgehead atoms. The van der Waals surface area contributed by atoms with Crippen molar-refractivity contribution in [3.63, 3.8) is 0 Å². The predicted molar refractivity (Wildman–Crippen MR) is 128 cm³/mol. The summed E-state index contributed by atoms with van der Waals surface area (Å²) in [5.41, 5.74) is 2.33. The van der Waals surface area contributed by atoms with Gasteiger partial charge < -0.3 is 19.5 Å². The van der Waals surface area contributed by atoms with Crippen LogP contribution in [-0.4, -0.2) is 45.2 Å². The van der Waals surface area contributed by atoms with Gasteiger partial charge in [-0.1, -0.05) is 11.6 Å². The Bertz CT molecular complexity index is 1280. The highest BCUT2D eigenvalue weighted by Gasteiger charge is 2.12. The van der Waals surface area contributed by atoms with Crippen molar-refractivity contribution >= 4 is 39.8 Å². The summed E-state index contributed by atoms with van der Waals surface area (Å²) in [5, 5.41) is 5.53. The number of ether oxygens (including phenoxy) is 3. The monoisotopic (exact) mass is 486 g/mol. The number of anilines is 1. The molecular weight excluding hydrogens is 464 g/mol. The first-order valence-corrected chi connectivity index (χ1v) is 11.4. The summed E-state index contributed by atoms with van der Waals surface area (Å²) >= 11 is 7.93. The number of aromatic nitrogens is 5. The SMILES string of the molecule is COc1cnc2nc(OCCOc3nc(Cl)c(C)c(NCc4sc(C)nc4C)n3)ccc2c1. The molecule has 11 heteroatoms. The molecule has 4 aromatic rings. The van der Waals surface area contributed by atoms with Crippen LogP contribution in [0.3, 0.4) is 0 Å². The van der Waals surface area contributed by atoms with Crippen LogP contribution in [0.4, 0.5) is 5.82 Å². The van der Waals surface area contributed by atoms with Crippen molar-refractivity contribution in [2.45, 2.75) is 27.3 Å². The number of nitrogens with zero attached hydrogens (tertiary/aromatic N) is 5. The maximum Gasteiger partial charge on any atom is 0.319 e. The lowest BCUT2D eigenvalue weighted by molar-refractivity contribution is 0.202. The molecule has 0 aliphatic rings. The average molecular weight is 487 g/mol. The van der Waals surface area contributed by atoms with E-state index in [2.05, 4.69) is 30.2 Å². The molecule has 0 unspecified atom stereocenters. The molecule has 0 saturated heterocycles. The van der Waals surface area contributed by atoms with Crippen LogP contribution in [0, 0.1) is 20.8 Å². The summed E-state index contributed by atoms with van der Waals surface area (Å²) in [6.07, 6.45) is 1.61. The van der Waals surface area contributed by atoms with Gasteiger partial charge in [0.1, 0.15) is 29.9 Å². The first kappa shape index (κ1) is 22.9. The first-order chi connectivity index (χ1) is 15.9. The quantitative estimate of drug-likeness (QED) is 0.270. The third-order valence-corrected chi connectivity index (χ3v) is 6.21. The summed E-state index contributed by atoms with van der Waals surface area (Å²) in [5.74, 6) is 1.74. The van der Waals surface area contributed by atoms with E-state index in [1.54, 1.807) is 30.7 Å². The molecular formula is C22H23ClN6O3S. The van der Waals surface area contributed by atoms with Gasteiger partial charge in [0.2, 0.25) is 5.88 Å². The fraction of sp³-hybridized carbons (Fsp3) is 0.318. The van der Waals surface area contributed by atoms with Gasteiger partial charge in [-0.25, -0.2) is 9.97 Å². The van der Waals surface area contributed by atoms with Crippen LogP contribution in [0.2, 0.25) is 5.15 Å². The Balaban J connectivity index is 1.34. The van der Waals surface area contributed by atoms with Gasteiger partial charge in [0.15, 0.2) is 5.65 Å². The highest BCUT2D eigenvalue weighted by Crippen LogP contribution is 2.25. The number of hydrogen-bond acceptors (Lipinski definition) is 10. The summed E-state index contributed by atoms with van der Waals surface area (Å²) in [7, 11) is 1.60. The Hall–Kier alpha value is -3.24. The largest absolute Gasteiger partial charge is 0.495 e. The highest BCUT2D eigenvalue weighted by molar-refractivity contribution is 7.11. The fourth-order valence-electron chi connectivity index (χ4n) is 3.05. The summed E-state index contributed by atoms with van der Waals surface area (Å²) in [6, 6.07) is 5.69. The lowest BCUT2D eigenvalue weighted by atomic mass is 10.3. The minimum absolute atomic E-state index is 0.175. The molecule has 0 aromatic carbocycles. The molecule has 33 heavy (non-hydrogen) atoms. The second-order valence-corrected chi connectivity index (χ2v) is 8.78. The summed E-state index contributed by atoms with van der Waals surface area (Å²) in [6.45, 7) is 6.92. The van der Waals surface area contributed by atoms with Crippen molar-refractivity contribution < 1.29 is 14.2 Å². The van der Waals surface area contributed by atoms with E-state index in [4.69, 9.17) is 25.8 Å². The van der Waals surface area contributed by atoms with Crippen molar-refractivity contribution in [3.8, 4) is 17.6 Å². The topological polar surface area (TPSA) is 104 Å². The second kappa shape index (κ2) is 10.1. The van der Waals surface area contributed by atoms with E-state index in [0.29, 0.717) is 34.8 Å². The molecule has 0 aliphatic carbocycles. The van der Waals surface area contributed by atoms with Gasteiger partial charge in [0.05, 0.1) is 30.6 Å². The summed E-state index contributed by atoms with van der Waals surface area (Å²) < 4.78 is 16.5. The van der Waals surface area contributed by atoms with E-state index >= 15 is 0 Å². The Labute approximate surface area is 200 Å². The lowest BCUT2D eigenvalue weighted by Gasteiger charge is -2.12. The molecule has 0 atom stereocenters. The molecule has 172 valence electrons. The van der Waals surface area contributed by atoms with Crippen molar-refractivity contribution in [3.05, 3.63) is 50.7 Å². The van der Waals surface area contributed by atoms with Crippen LogP contribution in [-0.2, 0) is 6.54 Å². The number of methoxy groups -OCH3 is 1. The maximum atomic E-state index is 6.28. The highest BCUT2D eigenvalue weighted by atomic mass is 35.5. The number of hydrogen-bond donors (Lipinski definition) is 1. The number of pyridine rings is 2. The Morgan fingerprint density at radius 3 is 2.61 bits per heavy atom. The van der Waals surface area contributed by atoms with E-state index < -0.39 is 0 Å². The molecule has 0 radical (unpaired) electrons. The normalized spacial score (nSPS) is 10.9. The lowest BCUT2D eigenvalue weighted by Crippen LogP contribution is -2.13. The molecule has 0 amide bonds. The van der Waals surface area contributed by atoms with Crippen molar-refractivity contribution in [1.29, 1.82) is 0 Å². The second-order valence-electron chi connectivity index (χ2n) is 7.13. The maximum absolute atomic E-state index is 6.28. The molecule has 4 heterocycles. The number of aryl methyl sites for hydroxylation is 2. The number of nitrogens with one attached hydrogen (secondary N) is 1. The molecule has 0 aliphatic heterocycles. The molecule has 9 nitrogen and oxygen atoms in total. The number of thiazole rings is 1. The van der Waals surface area contributed by atoms with Gasteiger partial charge in [0.25, 0.3) is 0 Å². The molecule has 0 spiro atoms. The minimum Gasteiger partial charge on any atom is -0.495 e. The van der Waals surface area contributed by atoms with E-state index in [1.165, 1.54) is 0 Å². The predicted octanol–water partition coefficient (Wildman–Crippen LogP) is 4.53. The standard InChI is InChI=1S/C22H23ClN6O3S/c1-12-19(23)28-22(29-20(12)25-11-17-13(2)26-14(3)33-17)32-8-7-31-18-6-5-15-9-16(30-4)10-24-21(15)27-18/h5-6,9-10H,7-8,11H2,1-4H3,(H,25,28,29). The van der Waals surface area contributed by atoms with Crippen molar-refractivity contribution in [2.75, 3.05) is 25.6 Å². The number of fused-ring (bicyclic) bond motifs is 1. The van der Waals surface area contributed by atoms with Gasteiger partial charge in [-0.15, -0.1) is 11.3 Å². The van der Waals surface area contributed by atoms with Crippen LogP contribution in [0.15, 0.2) is 24.4 Å². The van der Waals surface area contributed by atoms with Crippen LogP contribution in [0.5, 0.6) is 17.6 Å². The smallest absolute Gasteiger partial charge is 0.319 e. The van der Waals surface area contributed by atoms with Gasteiger partial charge in [-0.3, -0.25) is 0 Å². The molecule has 4 rings (SSSR count). The van der Waals surface area contributed by atoms with E-state index in [9.17, 15) is 0 Å². The Kier molecular flexibility index (Phi) is 7.05. The number of rotatable bonds is 9. The average Bonchev–Trinajstić information content (AvgIpc) is 3.14. The van der Waals surface area contributed by atoms with Crippen molar-refractivity contribution in [1.82, 2.24) is 24.9 Å². The zero-order valence-electron chi connectivity index (χ0n) is 18.7. The van der Waals surface area contributed by atoms with Gasteiger partial charge in [-0.05, 0) is 32.9 Å². The zero-order chi connectivity index (χ0) is 23.4. The number of halogens is 1. The van der Waals surface area contributed by atoms with Gasteiger partial charge in [-0.2, -0.15) is 15.0 Å². The summed E-state index contributed by atoms with van der Waals surface area (Å²) in [4.78, 5) is 22.9. The molecule has 4 aromatic heterocycles. The van der Waals surface area contributed by atoms with Crippen LogP contribution in [0.25, 0.3) is 11.0 Å². The third kappa shape index (κ3) is 5.58. The van der Waals surface area contributed by atoms with E-state index in [1.807, 2.05) is 32.9 Å². The molecule has 1 N–H and O–H groups in total. The van der Waals surface area contributed by atoms with Crippen LogP contribution >= 0.6 is 22.9 Å². The van der Waals surface area contributed by atoms with Crippen LogP contribution < -0.4 is 19.5 Å². The van der Waals surface area contributed by atoms with E-state index in [0.717, 1.165) is 26.5 Å². The molecule has 0 saturated carbocycles. The first-order valence-electron chi connectivity index (χ1n) is 10.2. The Morgan fingerprint density at radius 1 is 1.03 bits per heavy atom. The van der Waals surface area contributed by atoms with Crippen molar-refractivity contribution in [2.24, 2.45) is 0 Å². The zero-order valence-corrected chi connectivity index (χ0v) is 20.3. The fourth-order valence-corrected chi connectivity index (χ4v) is 4.09. The van der Waals surface area contributed by atoms with Crippen LogP contribution in [0.1, 0.15) is 21.1 Å². The third-order valence-electron chi connectivity index (χ3n) is 4.77. The van der Waals surface area contributed by atoms with Gasteiger partial charge >= 0.3 is 6.01 Å². The Morgan fingerprint density at radius 2 is 1.85 bits per heavy atom. The van der Waals surface area contributed by atoms with E-state index in [-0.39, 0.29) is 19.2 Å². The minimum atomic E-state index is 0.175. The molecule has 0 fully saturated rings. The van der Waals surface area contributed by atoms with Gasteiger partial charge in [0, 0.05) is 21.9 Å².